The summed E-state index contributed by atoms with van der Waals surface area (Å²) in [4.78, 5) is 2.43. The lowest BCUT2D eigenvalue weighted by atomic mass is 9.80. The van der Waals surface area contributed by atoms with Gasteiger partial charge in [-0.15, -0.1) is 6.58 Å². The molecule has 1 saturated heterocycles. The molecule has 0 aromatic heterocycles. The zero-order valence-corrected chi connectivity index (χ0v) is 10.6. The van der Waals surface area contributed by atoms with Gasteiger partial charge in [-0.05, 0) is 58.3 Å². The summed E-state index contributed by atoms with van der Waals surface area (Å²) in [5.41, 5.74) is 1.79. The molecular formula is C13H26N2. The molecule has 0 saturated carbocycles. The second-order valence-electron chi connectivity index (χ2n) is 5.50. The maximum absolute atomic E-state index is 3.92. The summed E-state index contributed by atoms with van der Waals surface area (Å²) in [6.45, 7) is 13.2. The van der Waals surface area contributed by atoms with Crippen molar-refractivity contribution in [2.45, 2.75) is 33.1 Å². The topological polar surface area (TPSA) is 15.3 Å². The number of hydrogen-bond acceptors (Lipinski definition) is 2. The number of nitrogens with zero attached hydrogens (tertiary/aromatic N) is 1. The first-order chi connectivity index (χ1) is 7.02. The van der Waals surface area contributed by atoms with Crippen LogP contribution in [0.3, 0.4) is 0 Å². The fraction of sp³-hybridized carbons (Fsp3) is 0.846. The quantitative estimate of drug-likeness (QED) is 0.553. The largest absolute Gasteiger partial charge is 0.316 e. The molecular weight excluding hydrogens is 184 g/mol. The van der Waals surface area contributed by atoms with Crippen molar-refractivity contribution in [3.8, 4) is 0 Å². The van der Waals surface area contributed by atoms with Gasteiger partial charge in [-0.1, -0.05) is 12.5 Å². The van der Waals surface area contributed by atoms with Gasteiger partial charge in [0, 0.05) is 6.54 Å². The monoisotopic (exact) mass is 210 g/mol. The zero-order valence-electron chi connectivity index (χ0n) is 10.6. The van der Waals surface area contributed by atoms with Gasteiger partial charge in [0.2, 0.25) is 0 Å². The Hall–Kier alpha value is -0.340. The van der Waals surface area contributed by atoms with E-state index in [2.05, 4.69) is 37.7 Å². The van der Waals surface area contributed by atoms with Gasteiger partial charge in [-0.25, -0.2) is 0 Å². The van der Waals surface area contributed by atoms with Crippen molar-refractivity contribution < 1.29 is 0 Å². The molecule has 2 heteroatoms. The summed E-state index contributed by atoms with van der Waals surface area (Å²) in [7, 11) is 2.22. The molecule has 0 unspecified atom stereocenters. The second-order valence-corrected chi connectivity index (χ2v) is 5.50. The van der Waals surface area contributed by atoms with Crippen molar-refractivity contribution in [2.24, 2.45) is 5.41 Å². The van der Waals surface area contributed by atoms with Crippen molar-refractivity contribution in [3.63, 3.8) is 0 Å². The minimum Gasteiger partial charge on any atom is -0.316 e. The molecule has 1 N–H and O–H groups in total. The van der Waals surface area contributed by atoms with Crippen molar-refractivity contribution >= 4 is 0 Å². The van der Waals surface area contributed by atoms with E-state index in [-0.39, 0.29) is 0 Å². The van der Waals surface area contributed by atoms with E-state index in [0.717, 1.165) is 19.5 Å². The highest BCUT2D eigenvalue weighted by Gasteiger charge is 2.27. The van der Waals surface area contributed by atoms with Crippen molar-refractivity contribution in [1.29, 1.82) is 0 Å². The van der Waals surface area contributed by atoms with Gasteiger partial charge >= 0.3 is 0 Å². The van der Waals surface area contributed by atoms with Crippen LogP contribution in [0.4, 0.5) is 0 Å². The van der Waals surface area contributed by atoms with Crippen LogP contribution in [0.5, 0.6) is 0 Å². The normalized spacial score (nSPS) is 21.5. The average Bonchev–Trinajstić information content (AvgIpc) is 2.18. The van der Waals surface area contributed by atoms with Crippen LogP contribution in [0.2, 0.25) is 0 Å². The first-order valence-corrected chi connectivity index (χ1v) is 6.05. The summed E-state index contributed by atoms with van der Waals surface area (Å²) < 4.78 is 0. The molecule has 0 radical (unpaired) electrons. The van der Waals surface area contributed by atoms with Crippen LogP contribution in [-0.2, 0) is 0 Å². The van der Waals surface area contributed by atoms with Crippen LogP contribution >= 0.6 is 0 Å². The molecule has 0 aromatic carbocycles. The summed E-state index contributed by atoms with van der Waals surface area (Å²) in [5, 5.41) is 3.56. The molecule has 1 heterocycles. The minimum atomic E-state index is 0.515. The Morgan fingerprint density at radius 1 is 1.40 bits per heavy atom. The molecule has 0 bridgehead atoms. The molecule has 0 aliphatic carbocycles. The molecule has 1 aliphatic rings. The standard InChI is InChI=1S/C13H26N2/c1-12(2)5-8-14-11-13(3)6-9-15(4)10-7-13/h14H,1,5-11H2,2-4H3. The molecule has 1 rings (SSSR count). The number of piperidine rings is 1. The smallest absolute Gasteiger partial charge is 0.000624 e. The van der Waals surface area contributed by atoms with E-state index < -0.39 is 0 Å². The molecule has 0 aromatic rings. The predicted molar refractivity (Wildman–Crippen MR) is 67.1 cm³/mol. The highest BCUT2D eigenvalue weighted by molar-refractivity contribution is 4.89. The van der Waals surface area contributed by atoms with Crippen molar-refractivity contribution in [2.75, 3.05) is 33.2 Å². The average molecular weight is 210 g/mol. The Morgan fingerprint density at radius 3 is 2.53 bits per heavy atom. The molecule has 88 valence electrons. The van der Waals surface area contributed by atoms with Crippen molar-refractivity contribution in [3.05, 3.63) is 12.2 Å². The van der Waals surface area contributed by atoms with Gasteiger partial charge < -0.3 is 10.2 Å². The van der Waals surface area contributed by atoms with Crippen molar-refractivity contribution in [1.82, 2.24) is 10.2 Å². The Balaban J connectivity index is 2.16. The SMILES string of the molecule is C=C(C)CCNCC1(C)CCN(C)CC1. The molecule has 0 spiro atoms. The third kappa shape index (κ3) is 4.80. The number of rotatable bonds is 5. The molecule has 2 nitrogen and oxygen atoms in total. The number of nitrogens with one attached hydrogen (secondary N) is 1. The Bertz CT molecular complexity index is 203. The van der Waals surface area contributed by atoms with Gasteiger partial charge in [-0.3, -0.25) is 0 Å². The van der Waals surface area contributed by atoms with E-state index >= 15 is 0 Å². The second kappa shape index (κ2) is 5.66. The molecule has 0 atom stereocenters. The highest BCUT2D eigenvalue weighted by atomic mass is 15.1. The maximum atomic E-state index is 3.92. The predicted octanol–water partition coefficient (Wildman–Crippen LogP) is 2.27. The van der Waals surface area contributed by atoms with Crippen LogP contribution in [0.1, 0.15) is 33.1 Å². The Kier molecular flexibility index (Phi) is 4.81. The van der Waals surface area contributed by atoms with Gasteiger partial charge in [0.1, 0.15) is 0 Å². The molecule has 15 heavy (non-hydrogen) atoms. The van der Waals surface area contributed by atoms with Gasteiger partial charge in [0.15, 0.2) is 0 Å². The van der Waals surface area contributed by atoms with Crippen LogP contribution < -0.4 is 5.32 Å². The fourth-order valence-corrected chi connectivity index (χ4v) is 2.03. The first-order valence-electron chi connectivity index (χ1n) is 6.05. The van der Waals surface area contributed by atoms with E-state index in [1.807, 2.05) is 0 Å². The molecule has 0 amide bonds. The fourth-order valence-electron chi connectivity index (χ4n) is 2.03. The molecule has 1 fully saturated rings. The van der Waals surface area contributed by atoms with Gasteiger partial charge in [0.25, 0.3) is 0 Å². The van der Waals surface area contributed by atoms with E-state index in [9.17, 15) is 0 Å². The number of hydrogen-bond donors (Lipinski definition) is 1. The summed E-state index contributed by atoms with van der Waals surface area (Å²) >= 11 is 0. The Labute approximate surface area is 94.7 Å². The summed E-state index contributed by atoms with van der Waals surface area (Å²) in [5.74, 6) is 0. The summed E-state index contributed by atoms with van der Waals surface area (Å²) in [6, 6.07) is 0. The first kappa shape index (κ1) is 12.7. The third-order valence-corrected chi connectivity index (χ3v) is 3.47. The third-order valence-electron chi connectivity index (χ3n) is 3.47. The van der Waals surface area contributed by atoms with E-state index in [0.29, 0.717) is 5.41 Å². The van der Waals surface area contributed by atoms with E-state index in [1.165, 1.54) is 31.5 Å². The van der Waals surface area contributed by atoms with Crippen LogP contribution in [-0.4, -0.2) is 38.1 Å². The molecule has 1 aliphatic heterocycles. The number of likely N-dealkylation sites (tertiary alicyclic amines) is 1. The lowest BCUT2D eigenvalue weighted by molar-refractivity contribution is 0.137. The van der Waals surface area contributed by atoms with Crippen LogP contribution in [0, 0.1) is 5.41 Å². The lowest BCUT2D eigenvalue weighted by Gasteiger charge is -2.38. The van der Waals surface area contributed by atoms with Crippen LogP contribution in [0.25, 0.3) is 0 Å². The van der Waals surface area contributed by atoms with Gasteiger partial charge in [0.05, 0.1) is 0 Å². The van der Waals surface area contributed by atoms with E-state index in [4.69, 9.17) is 0 Å². The maximum Gasteiger partial charge on any atom is 0.000624 e. The van der Waals surface area contributed by atoms with E-state index in [1.54, 1.807) is 0 Å². The van der Waals surface area contributed by atoms with Gasteiger partial charge in [-0.2, -0.15) is 0 Å². The minimum absolute atomic E-state index is 0.515. The van der Waals surface area contributed by atoms with Crippen LogP contribution in [0.15, 0.2) is 12.2 Å². The zero-order chi connectivity index (χ0) is 11.3. The Morgan fingerprint density at radius 2 is 2.00 bits per heavy atom. The summed E-state index contributed by atoms with van der Waals surface area (Å²) in [6.07, 6.45) is 3.75. The highest BCUT2D eigenvalue weighted by Crippen LogP contribution is 2.29. The lowest BCUT2D eigenvalue weighted by Crippen LogP contribution is -2.42.